The predicted octanol–water partition coefficient (Wildman–Crippen LogP) is 0.354. The smallest absolute Gasteiger partial charge is 1.00 e. The van der Waals surface area contributed by atoms with E-state index >= 15 is 0 Å². The summed E-state index contributed by atoms with van der Waals surface area (Å²) in [6.07, 6.45) is 0. The van der Waals surface area contributed by atoms with Crippen molar-refractivity contribution in [1.29, 1.82) is 5.26 Å². The summed E-state index contributed by atoms with van der Waals surface area (Å²) in [4.78, 5) is 0. The van der Waals surface area contributed by atoms with Crippen molar-refractivity contribution in [1.82, 2.24) is 0 Å². The quantitative estimate of drug-likeness (QED) is 0.266. The molecule has 0 saturated heterocycles. The van der Waals surface area contributed by atoms with Gasteiger partial charge in [0.25, 0.3) is 0 Å². The van der Waals surface area contributed by atoms with Gasteiger partial charge in [-0.15, -0.1) is 0 Å². The first-order valence-electron chi connectivity index (χ1n) is 0.447. The van der Waals surface area contributed by atoms with Gasteiger partial charge in [0.15, 0.2) is 0 Å². The molecule has 0 unspecified atom stereocenters. The molecule has 3 heteroatoms. The van der Waals surface area contributed by atoms with Crippen LogP contribution in [0.1, 0.15) is 4.28 Å². The van der Waals surface area contributed by atoms with E-state index in [1.165, 1.54) is 5.40 Å². The van der Waals surface area contributed by atoms with E-state index in [1.807, 2.05) is 0 Å². The molecule has 0 saturated carbocycles. The topological polar surface area (TPSA) is 23.8 Å². The first kappa shape index (κ1) is 8.92. The Hall–Kier alpha value is 1.10. The van der Waals surface area contributed by atoms with Crippen molar-refractivity contribution in [3.63, 3.8) is 0 Å². The maximum absolute atomic E-state index is 7.18. The summed E-state index contributed by atoms with van der Waals surface area (Å²) in [5.74, 6) is 0. The zero-order valence-corrected chi connectivity index (χ0v) is 5.20. The molecule has 20 valence electrons. The van der Waals surface area contributed by atoms with Gasteiger partial charge < -0.3 is 2.85 Å². The van der Waals surface area contributed by atoms with Crippen LogP contribution >= 0.6 is 12.6 Å². The average Bonchev–Trinajstić information content (AvgIpc) is 0.918. The summed E-state index contributed by atoms with van der Waals surface area (Å²) >= 11 is 3.09. The standard InChI is InChI=1S/CHNS.Ca.2H/c2-1-3;;;/h3H;;;/q;+2;2*-1/p+1. The van der Waals surface area contributed by atoms with E-state index in [1.54, 1.807) is 0 Å². The molecule has 0 heterocycles. The number of rotatable bonds is 0. The maximum atomic E-state index is 7.18. The third-order valence-electron chi connectivity index (χ3n) is 0. The second kappa shape index (κ2) is 8.93. The molecule has 0 spiro atoms. The number of hydrogen-bond acceptors (Lipinski definition) is 2. The van der Waals surface area contributed by atoms with Gasteiger partial charge in [0.05, 0.1) is 0 Å². The van der Waals surface area contributed by atoms with Gasteiger partial charge >= 0.3 is 39.2 Å². The summed E-state index contributed by atoms with van der Waals surface area (Å²) in [5.41, 5.74) is 0. The molecule has 0 aliphatic heterocycles. The van der Waals surface area contributed by atoms with E-state index < -0.39 is 0 Å². The summed E-state index contributed by atoms with van der Waals surface area (Å²) < 4.78 is 0. The van der Waals surface area contributed by atoms with Gasteiger partial charge in [0.1, 0.15) is 5.40 Å². The molecule has 0 aromatic rings. The van der Waals surface area contributed by atoms with Crippen LogP contribution in [-0.2, 0) is 0 Å². The summed E-state index contributed by atoms with van der Waals surface area (Å²) in [6.45, 7) is 0. The second-order valence-electron chi connectivity index (χ2n) is 0.100. The van der Waals surface area contributed by atoms with Crippen molar-refractivity contribution in [3.05, 3.63) is 0 Å². The molecule has 4 heavy (non-hydrogen) atoms. The Balaban J connectivity index is -0.00000000333. The fourth-order valence-electron chi connectivity index (χ4n) is 0. The zero-order valence-electron chi connectivity index (χ0n) is 5.10. The van der Waals surface area contributed by atoms with Crippen LogP contribution in [0.2, 0.25) is 0 Å². The van der Waals surface area contributed by atoms with E-state index in [2.05, 4.69) is 12.6 Å². The Kier molecular flexibility index (Phi) is 19.9. The van der Waals surface area contributed by atoms with E-state index in [0.717, 1.165) is 0 Å². The van der Waals surface area contributed by atoms with E-state index in [-0.39, 0.29) is 42.0 Å². The van der Waals surface area contributed by atoms with E-state index in [0.29, 0.717) is 0 Å². The van der Waals surface area contributed by atoms with Crippen molar-refractivity contribution in [2.45, 2.75) is 0 Å². The normalized spacial score (nSPS) is 2.00. The zero-order chi connectivity index (χ0) is 2.71. The number of thiocyanates is 1. The van der Waals surface area contributed by atoms with Gasteiger partial charge in [0, 0.05) is 0 Å². The van der Waals surface area contributed by atoms with Gasteiger partial charge in [-0.3, -0.25) is 0 Å². The fourth-order valence-corrected chi connectivity index (χ4v) is 0. The van der Waals surface area contributed by atoms with Crippen molar-refractivity contribution in [2.24, 2.45) is 0 Å². The van der Waals surface area contributed by atoms with Crippen LogP contribution in [-0.4, -0.2) is 37.7 Å². The number of hydrogen-bond donors (Lipinski definition) is 1. The maximum Gasteiger partial charge on any atom is 2.00 e. The molecule has 1 nitrogen and oxygen atoms in total. The fraction of sp³-hybridized carbons (Fsp3) is 0. The van der Waals surface area contributed by atoms with Crippen molar-refractivity contribution in [3.8, 4) is 5.40 Å². The van der Waals surface area contributed by atoms with Gasteiger partial charge in [-0.2, -0.15) is 5.26 Å². The van der Waals surface area contributed by atoms with Crippen molar-refractivity contribution >= 4 is 50.4 Å². The van der Waals surface area contributed by atoms with Crippen molar-refractivity contribution < 1.29 is 4.28 Å². The minimum Gasteiger partial charge on any atom is -1.00 e. The molecule has 0 atom stereocenters. The minimum absolute atomic E-state index is 0. The molecule has 0 aliphatic carbocycles. The first-order valence-corrected chi connectivity index (χ1v) is 0.894. The van der Waals surface area contributed by atoms with Crippen molar-refractivity contribution in [2.75, 3.05) is 0 Å². The Morgan fingerprint density at radius 3 is 2.25 bits per heavy atom. The van der Waals surface area contributed by atoms with E-state index in [4.69, 9.17) is 5.26 Å². The average molecular weight is 102 g/mol. The van der Waals surface area contributed by atoms with Crippen LogP contribution in [0.15, 0.2) is 0 Å². The molecular weight excluding hydrogens is 98.2 g/mol. The Bertz CT molecular complexity index is 36.4. The third kappa shape index (κ3) is 11.3. The molecule has 0 fully saturated rings. The SMILES string of the molecule is N#CS.[Ca+2].[H+].[H-].[H-]. The van der Waals surface area contributed by atoms with Crippen LogP contribution in [0.5, 0.6) is 0 Å². The molecule has 0 N–H and O–H groups in total. The molecule has 0 amide bonds. The number of nitrogens with zero attached hydrogens (tertiary/aromatic N) is 1. The number of thiol groups is 1. The number of nitriles is 1. The molecule has 0 aliphatic rings. The molecule has 0 radical (unpaired) electrons. The molecule has 0 aromatic carbocycles. The first-order chi connectivity index (χ1) is 1.41. The second-order valence-corrected chi connectivity index (χ2v) is 0.300. The van der Waals surface area contributed by atoms with Crippen LogP contribution in [0.3, 0.4) is 0 Å². The van der Waals surface area contributed by atoms with Gasteiger partial charge in [-0.1, -0.05) is 12.6 Å². The summed E-state index contributed by atoms with van der Waals surface area (Å²) in [7, 11) is 0. The molecular formula is CH4CaNS+. The summed E-state index contributed by atoms with van der Waals surface area (Å²) in [6, 6.07) is 0. The largest absolute Gasteiger partial charge is 2.00 e. The van der Waals surface area contributed by atoms with Crippen LogP contribution < -0.4 is 0 Å². The third-order valence-corrected chi connectivity index (χ3v) is 0. The van der Waals surface area contributed by atoms with Crippen LogP contribution in [0.25, 0.3) is 0 Å². The Labute approximate surface area is 64.9 Å². The van der Waals surface area contributed by atoms with Gasteiger partial charge in [-0.05, 0) is 0 Å². The molecule has 0 rings (SSSR count). The minimum atomic E-state index is 0. The van der Waals surface area contributed by atoms with E-state index in [9.17, 15) is 0 Å². The monoisotopic (exact) mass is 102 g/mol. The summed E-state index contributed by atoms with van der Waals surface area (Å²) in [5, 5.41) is 8.63. The molecule has 0 bridgehead atoms. The predicted molar refractivity (Wildman–Crippen MR) is 23.7 cm³/mol. The Morgan fingerprint density at radius 1 is 2.25 bits per heavy atom. The molecule has 0 aromatic heterocycles. The van der Waals surface area contributed by atoms with Gasteiger partial charge in [-0.25, -0.2) is 0 Å². The Morgan fingerprint density at radius 2 is 2.25 bits per heavy atom. The van der Waals surface area contributed by atoms with Crippen LogP contribution in [0, 0.1) is 10.7 Å². The van der Waals surface area contributed by atoms with Gasteiger partial charge in [0.2, 0.25) is 0 Å². The van der Waals surface area contributed by atoms with Crippen LogP contribution in [0.4, 0.5) is 0 Å².